The zero-order chi connectivity index (χ0) is 14.7. The van der Waals surface area contributed by atoms with E-state index in [1.54, 1.807) is 24.0 Å². The lowest BCUT2D eigenvalue weighted by Gasteiger charge is -2.29. The van der Waals surface area contributed by atoms with Crippen molar-refractivity contribution in [3.05, 3.63) is 29.7 Å². The fourth-order valence-electron chi connectivity index (χ4n) is 2.33. The maximum atomic E-state index is 12.3. The number of hydrogen-bond donors (Lipinski definition) is 2. The Morgan fingerprint density at radius 1 is 1.48 bits per heavy atom. The van der Waals surface area contributed by atoms with Crippen molar-refractivity contribution in [2.75, 3.05) is 13.1 Å². The SMILES string of the molecule is CC1CCNCC1NC(=O)c1csc(-c2cnccn2)n1. The number of nitrogens with one attached hydrogen (secondary N) is 2. The number of hydrogen-bond acceptors (Lipinski definition) is 6. The van der Waals surface area contributed by atoms with Gasteiger partial charge in [0.15, 0.2) is 0 Å². The second-order valence-electron chi connectivity index (χ2n) is 5.18. The number of nitrogens with zero attached hydrogens (tertiary/aromatic N) is 3. The summed E-state index contributed by atoms with van der Waals surface area (Å²) in [5.41, 5.74) is 1.13. The molecule has 1 aliphatic rings. The highest BCUT2D eigenvalue weighted by Gasteiger charge is 2.24. The largest absolute Gasteiger partial charge is 0.346 e. The Bertz CT molecular complexity index is 615. The average Bonchev–Trinajstić information content (AvgIpc) is 3.00. The van der Waals surface area contributed by atoms with Crippen LogP contribution in [0.1, 0.15) is 23.8 Å². The maximum absolute atomic E-state index is 12.3. The van der Waals surface area contributed by atoms with Crippen LogP contribution in [0.5, 0.6) is 0 Å². The molecule has 0 radical (unpaired) electrons. The van der Waals surface area contributed by atoms with Gasteiger partial charge in [-0.15, -0.1) is 11.3 Å². The predicted molar refractivity (Wildman–Crippen MR) is 81.0 cm³/mol. The van der Waals surface area contributed by atoms with Crippen LogP contribution < -0.4 is 10.6 Å². The molecule has 2 unspecified atom stereocenters. The van der Waals surface area contributed by atoms with Crippen LogP contribution in [0.3, 0.4) is 0 Å². The first kappa shape index (κ1) is 14.1. The minimum atomic E-state index is -0.123. The van der Waals surface area contributed by atoms with E-state index in [1.807, 2.05) is 0 Å². The smallest absolute Gasteiger partial charge is 0.271 e. The van der Waals surface area contributed by atoms with Crippen molar-refractivity contribution < 1.29 is 4.79 Å². The van der Waals surface area contributed by atoms with E-state index in [-0.39, 0.29) is 11.9 Å². The molecule has 0 saturated carbocycles. The molecule has 2 N–H and O–H groups in total. The molecule has 1 aliphatic heterocycles. The molecule has 3 heterocycles. The fourth-order valence-corrected chi connectivity index (χ4v) is 3.09. The summed E-state index contributed by atoms with van der Waals surface area (Å²) in [5, 5.41) is 8.83. The van der Waals surface area contributed by atoms with Crippen molar-refractivity contribution >= 4 is 17.2 Å². The molecule has 0 spiro atoms. The number of thiazole rings is 1. The van der Waals surface area contributed by atoms with Gasteiger partial charge in [0.2, 0.25) is 0 Å². The van der Waals surface area contributed by atoms with E-state index in [4.69, 9.17) is 0 Å². The van der Waals surface area contributed by atoms with Crippen LogP contribution in [0.4, 0.5) is 0 Å². The summed E-state index contributed by atoms with van der Waals surface area (Å²) < 4.78 is 0. The number of amides is 1. The Balaban J connectivity index is 1.69. The summed E-state index contributed by atoms with van der Waals surface area (Å²) in [5.74, 6) is 0.357. The lowest BCUT2D eigenvalue weighted by molar-refractivity contribution is 0.0911. The molecule has 3 rings (SSSR count). The van der Waals surface area contributed by atoms with Gasteiger partial charge in [0.25, 0.3) is 5.91 Å². The Hall–Kier alpha value is -1.86. The van der Waals surface area contributed by atoms with Crippen LogP contribution in [-0.4, -0.2) is 40.0 Å². The standard InChI is InChI=1S/C14H17N5OS/c1-9-2-3-15-6-10(9)18-13(20)12-8-21-14(19-12)11-7-16-4-5-17-11/h4-5,7-10,15H,2-3,6H2,1H3,(H,18,20). The Kier molecular flexibility index (Phi) is 4.21. The second kappa shape index (κ2) is 6.28. The molecule has 110 valence electrons. The minimum Gasteiger partial charge on any atom is -0.346 e. The van der Waals surface area contributed by atoms with Crippen molar-refractivity contribution in [1.82, 2.24) is 25.6 Å². The monoisotopic (exact) mass is 303 g/mol. The van der Waals surface area contributed by atoms with Crippen LogP contribution in [0.15, 0.2) is 24.0 Å². The molecule has 1 fully saturated rings. The van der Waals surface area contributed by atoms with Crippen LogP contribution in [0.25, 0.3) is 10.7 Å². The number of aromatic nitrogens is 3. The third-order valence-electron chi connectivity index (χ3n) is 3.66. The van der Waals surface area contributed by atoms with Gasteiger partial charge in [0.1, 0.15) is 16.4 Å². The fraction of sp³-hybridized carbons (Fsp3) is 0.429. The van der Waals surface area contributed by atoms with Gasteiger partial charge in [-0.3, -0.25) is 14.8 Å². The first-order valence-electron chi connectivity index (χ1n) is 6.97. The highest BCUT2D eigenvalue weighted by Crippen LogP contribution is 2.21. The normalized spacial score (nSPS) is 22.0. The molecule has 6 nitrogen and oxygen atoms in total. The first-order valence-corrected chi connectivity index (χ1v) is 7.85. The van der Waals surface area contributed by atoms with Gasteiger partial charge in [0.05, 0.1) is 6.20 Å². The highest BCUT2D eigenvalue weighted by molar-refractivity contribution is 7.13. The molecule has 7 heteroatoms. The molecule has 2 aromatic rings. The summed E-state index contributed by atoms with van der Waals surface area (Å²) in [6.45, 7) is 3.99. The van der Waals surface area contributed by atoms with E-state index >= 15 is 0 Å². The molecular weight excluding hydrogens is 286 g/mol. The van der Waals surface area contributed by atoms with Crippen molar-refractivity contribution in [1.29, 1.82) is 0 Å². The van der Waals surface area contributed by atoms with Gasteiger partial charge >= 0.3 is 0 Å². The Labute approximate surface area is 127 Å². The molecule has 1 amide bonds. The molecule has 0 aromatic carbocycles. The molecule has 0 bridgehead atoms. The van der Waals surface area contributed by atoms with Gasteiger partial charge in [0, 0.05) is 30.4 Å². The summed E-state index contributed by atoms with van der Waals surface area (Å²) in [6, 6.07) is 0.160. The first-order chi connectivity index (χ1) is 10.2. The lowest BCUT2D eigenvalue weighted by atomic mass is 9.95. The van der Waals surface area contributed by atoms with Crippen molar-refractivity contribution in [2.45, 2.75) is 19.4 Å². The summed E-state index contributed by atoms with van der Waals surface area (Å²) in [4.78, 5) is 24.8. The number of carbonyl (C=O) groups excluding carboxylic acids is 1. The van der Waals surface area contributed by atoms with E-state index in [2.05, 4.69) is 32.5 Å². The molecule has 2 atom stereocenters. The van der Waals surface area contributed by atoms with Crippen LogP contribution >= 0.6 is 11.3 Å². The molecule has 0 aliphatic carbocycles. The molecule has 1 saturated heterocycles. The average molecular weight is 303 g/mol. The van der Waals surface area contributed by atoms with Gasteiger partial charge in [-0.25, -0.2) is 4.98 Å². The molecule has 2 aromatic heterocycles. The van der Waals surface area contributed by atoms with Crippen molar-refractivity contribution in [3.63, 3.8) is 0 Å². The number of carbonyl (C=O) groups is 1. The Morgan fingerprint density at radius 3 is 3.14 bits per heavy atom. The predicted octanol–water partition coefficient (Wildman–Crippen LogP) is 1.33. The third-order valence-corrected chi connectivity index (χ3v) is 4.53. The van der Waals surface area contributed by atoms with Crippen LogP contribution in [0.2, 0.25) is 0 Å². The van der Waals surface area contributed by atoms with E-state index in [0.717, 1.165) is 19.5 Å². The number of piperidine rings is 1. The summed E-state index contributed by atoms with van der Waals surface area (Å²) in [6.07, 6.45) is 5.95. The van der Waals surface area contributed by atoms with Gasteiger partial charge in [-0.1, -0.05) is 6.92 Å². The quantitative estimate of drug-likeness (QED) is 0.894. The minimum absolute atomic E-state index is 0.123. The Morgan fingerprint density at radius 2 is 2.38 bits per heavy atom. The van der Waals surface area contributed by atoms with Gasteiger partial charge in [-0.05, 0) is 18.9 Å². The zero-order valence-electron chi connectivity index (χ0n) is 11.7. The second-order valence-corrected chi connectivity index (χ2v) is 6.04. The zero-order valence-corrected chi connectivity index (χ0v) is 12.6. The van der Waals surface area contributed by atoms with Gasteiger partial charge < -0.3 is 10.6 Å². The van der Waals surface area contributed by atoms with Crippen molar-refractivity contribution in [2.24, 2.45) is 5.92 Å². The van der Waals surface area contributed by atoms with Crippen molar-refractivity contribution in [3.8, 4) is 10.7 Å². The van der Waals surface area contributed by atoms with E-state index in [9.17, 15) is 4.79 Å². The molecular formula is C14H17N5OS. The maximum Gasteiger partial charge on any atom is 0.271 e. The van der Waals surface area contributed by atoms with E-state index < -0.39 is 0 Å². The summed E-state index contributed by atoms with van der Waals surface area (Å²) in [7, 11) is 0. The summed E-state index contributed by atoms with van der Waals surface area (Å²) >= 11 is 1.40. The van der Waals surface area contributed by atoms with Crippen LogP contribution in [0, 0.1) is 5.92 Å². The third kappa shape index (κ3) is 3.25. The highest BCUT2D eigenvalue weighted by atomic mass is 32.1. The van der Waals surface area contributed by atoms with Gasteiger partial charge in [-0.2, -0.15) is 0 Å². The van der Waals surface area contributed by atoms with Crippen LogP contribution in [-0.2, 0) is 0 Å². The van der Waals surface area contributed by atoms with E-state index in [0.29, 0.717) is 22.3 Å². The lowest BCUT2D eigenvalue weighted by Crippen LogP contribution is -2.50. The van der Waals surface area contributed by atoms with E-state index in [1.165, 1.54) is 11.3 Å². The number of rotatable bonds is 3. The topological polar surface area (TPSA) is 79.8 Å². The molecule has 21 heavy (non-hydrogen) atoms.